The highest BCUT2D eigenvalue weighted by Crippen LogP contribution is 2.19. The minimum Gasteiger partial charge on any atom is -0.479 e. The molecule has 0 saturated heterocycles. The van der Waals surface area contributed by atoms with Crippen LogP contribution in [-0.2, 0) is 6.54 Å². The fourth-order valence-corrected chi connectivity index (χ4v) is 1.71. The van der Waals surface area contributed by atoms with Gasteiger partial charge >= 0.3 is 0 Å². The summed E-state index contributed by atoms with van der Waals surface area (Å²) < 4.78 is 7.64. The second-order valence-electron chi connectivity index (χ2n) is 2.76. The molecule has 2 heterocycles. The number of ether oxygens (including phenoxy) is 1. The number of aromatic amines is 1. The van der Waals surface area contributed by atoms with Crippen LogP contribution in [-0.4, -0.2) is 26.6 Å². The van der Waals surface area contributed by atoms with Crippen molar-refractivity contribution in [2.45, 2.75) is 13.5 Å². The van der Waals surface area contributed by atoms with Crippen LogP contribution in [0.15, 0.2) is 6.33 Å². The zero-order valence-corrected chi connectivity index (χ0v) is 8.76. The number of fused-ring (bicyclic) bond motifs is 1. The second kappa shape index (κ2) is 3.38. The summed E-state index contributed by atoms with van der Waals surface area (Å²) in [6, 6.07) is 0. The summed E-state index contributed by atoms with van der Waals surface area (Å²) >= 11 is 5.14. The summed E-state index contributed by atoms with van der Waals surface area (Å²) in [5.74, 6) is 0.522. The van der Waals surface area contributed by atoms with Gasteiger partial charge in [0.1, 0.15) is 11.8 Å². The maximum Gasteiger partial charge on any atom is 0.242 e. The molecule has 2 aromatic rings. The van der Waals surface area contributed by atoms with Gasteiger partial charge in [0, 0.05) is 6.54 Å². The molecule has 0 aliphatic heterocycles. The third-order valence-electron chi connectivity index (χ3n) is 2.03. The van der Waals surface area contributed by atoms with Gasteiger partial charge in [-0.25, -0.2) is 4.98 Å². The molecule has 6 heteroatoms. The van der Waals surface area contributed by atoms with Crippen molar-refractivity contribution >= 4 is 23.4 Å². The molecule has 0 radical (unpaired) electrons. The van der Waals surface area contributed by atoms with Crippen LogP contribution >= 0.6 is 12.2 Å². The molecule has 0 bridgehead atoms. The molecule has 2 rings (SSSR count). The number of aryl methyl sites for hydroxylation is 1. The van der Waals surface area contributed by atoms with Gasteiger partial charge in [-0.2, -0.15) is 4.98 Å². The molecule has 0 fully saturated rings. The van der Waals surface area contributed by atoms with Gasteiger partial charge in [-0.3, -0.25) is 0 Å². The predicted molar refractivity (Wildman–Crippen MR) is 54.9 cm³/mol. The van der Waals surface area contributed by atoms with Gasteiger partial charge in [0.15, 0.2) is 10.4 Å². The minimum absolute atomic E-state index is 0.522. The monoisotopic (exact) mass is 210 g/mol. The number of hydrogen-bond donors (Lipinski definition) is 1. The molecular formula is C8H10N4OS. The van der Waals surface area contributed by atoms with Crippen LogP contribution in [0.5, 0.6) is 5.88 Å². The first kappa shape index (κ1) is 9.14. The molecule has 0 spiro atoms. The van der Waals surface area contributed by atoms with E-state index in [-0.39, 0.29) is 0 Å². The molecule has 0 aliphatic carbocycles. The van der Waals surface area contributed by atoms with Gasteiger partial charge in [-0.1, -0.05) is 0 Å². The van der Waals surface area contributed by atoms with E-state index in [9.17, 15) is 0 Å². The summed E-state index contributed by atoms with van der Waals surface area (Å²) in [4.78, 5) is 11.2. The molecule has 0 aliphatic rings. The average Bonchev–Trinajstić information content (AvgIpc) is 2.52. The number of imidazole rings is 1. The Hall–Kier alpha value is -1.43. The van der Waals surface area contributed by atoms with Crippen LogP contribution < -0.4 is 4.74 Å². The lowest BCUT2D eigenvalue weighted by Crippen LogP contribution is -1.96. The van der Waals surface area contributed by atoms with Gasteiger partial charge < -0.3 is 14.3 Å². The van der Waals surface area contributed by atoms with Crippen LogP contribution in [0.1, 0.15) is 6.92 Å². The standard InChI is InChI=1S/C8H10N4OS/c1-3-12-6-5(11-8(12)14)7(13-2)10-4-9-6/h4H,3H2,1-2H3,(H,11,14). The Morgan fingerprint density at radius 1 is 1.57 bits per heavy atom. The second-order valence-corrected chi connectivity index (χ2v) is 3.14. The first-order valence-electron chi connectivity index (χ1n) is 4.25. The molecule has 0 amide bonds. The number of nitrogens with one attached hydrogen (secondary N) is 1. The Balaban J connectivity index is 2.86. The van der Waals surface area contributed by atoms with Crippen LogP contribution in [0, 0.1) is 4.77 Å². The van der Waals surface area contributed by atoms with E-state index in [1.165, 1.54) is 6.33 Å². The number of aromatic nitrogens is 4. The molecular weight excluding hydrogens is 200 g/mol. The molecule has 0 saturated carbocycles. The number of rotatable bonds is 2. The number of methoxy groups -OCH3 is 1. The smallest absolute Gasteiger partial charge is 0.242 e. The summed E-state index contributed by atoms with van der Waals surface area (Å²) in [7, 11) is 1.57. The van der Waals surface area contributed by atoms with Crippen molar-refractivity contribution in [2.75, 3.05) is 7.11 Å². The SMILES string of the molecule is CCn1c(=S)[nH]c2c(OC)ncnc21. The number of H-pyrrole nitrogens is 1. The van der Waals surface area contributed by atoms with E-state index in [4.69, 9.17) is 17.0 Å². The fourth-order valence-electron chi connectivity index (χ4n) is 1.39. The molecule has 14 heavy (non-hydrogen) atoms. The van der Waals surface area contributed by atoms with E-state index in [1.807, 2.05) is 11.5 Å². The first-order chi connectivity index (χ1) is 6.77. The summed E-state index contributed by atoms with van der Waals surface area (Å²) in [5, 5.41) is 0. The predicted octanol–water partition coefficient (Wildman–Crippen LogP) is 1.52. The van der Waals surface area contributed by atoms with Crippen LogP contribution in [0.4, 0.5) is 0 Å². The lowest BCUT2D eigenvalue weighted by molar-refractivity contribution is 0.401. The first-order valence-corrected chi connectivity index (χ1v) is 4.66. The van der Waals surface area contributed by atoms with Crippen molar-refractivity contribution in [3.63, 3.8) is 0 Å². The topological polar surface area (TPSA) is 55.7 Å². The van der Waals surface area contributed by atoms with Gasteiger partial charge in [0.05, 0.1) is 7.11 Å². The maximum absolute atomic E-state index is 5.14. The van der Waals surface area contributed by atoms with Gasteiger partial charge in [-0.05, 0) is 19.1 Å². The molecule has 1 N–H and O–H groups in total. The van der Waals surface area contributed by atoms with Crippen LogP contribution in [0.3, 0.4) is 0 Å². The van der Waals surface area contributed by atoms with E-state index >= 15 is 0 Å². The number of nitrogens with zero attached hydrogens (tertiary/aromatic N) is 3. The van der Waals surface area contributed by atoms with Crippen LogP contribution in [0.25, 0.3) is 11.2 Å². The van der Waals surface area contributed by atoms with E-state index in [2.05, 4.69) is 15.0 Å². The zero-order chi connectivity index (χ0) is 10.1. The average molecular weight is 210 g/mol. The quantitative estimate of drug-likeness (QED) is 0.763. The van der Waals surface area contributed by atoms with E-state index in [0.29, 0.717) is 10.7 Å². The Labute approximate surface area is 85.8 Å². The highest BCUT2D eigenvalue weighted by molar-refractivity contribution is 7.71. The Morgan fingerprint density at radius 2 is 2.36 bits per heavy atom. The van der Waals surface area contributed by atoms with Crippen molar-refractivity contribution in [3.8, 4) is 5.88 Å². The lowest BCUT2D eigenvalue weighted by atomic mass is 10.5. The molecule has 5 nitrogen and oxygen atoms in total. The van der Waals surface area contributed by atoms with Crippen molar-refractivity contribution in [1.82, 2.24) is 19.5 Å². The molecule has 74 valence electrons. The summed E-state index contributed by atoms with van der Waals surface area (Å²) in [6.45, 7) is 2.79. The van der Waals surface area contributed by atoms with Crippen molar-refractivity contribution in [3.05, 3.63) is 11.1 Å². The molecule has 0 atom stereocenters. The van der Waals surface area contributed by atoms with Crippen molar-refractivity contribution in [2.24, 2.45) is 0 Å². The molecule has 0 aromatic carbocycles. The Kier molecular flexibility index (Phi) is 2.20. The third-order valence-corrected chi connectivity index (χ3v) is 2.36. The van der Waals surface area contributed by atoms with E-state index < -0.39 is 0 Å². The van der Waals surface area contributed by atoms with Gasteiger partial charge in [0.2, 0.25) is 5.88 Å². The fraction of sp³-hybridized carbons (Fsp3) is 0.375. The van der Waals surface area contributed by atoms with Gasteiger partial charge in [-0.15, -0.1) is 0 Å². The Morgan fingerprint density at radius 3 is 3.00 bits per heavy atom. The van der Waals surface area contributed by atoms with E-state index in [0.717, 1.165) is 17.7 Å². The zero-order valence-electron chi connectivity index (χ0n) is 7.94. The van der Waals surface area contributed by atoms with E-state index in [1.54, 1.807) is 7.11 Å². The normalized spacial score (nSPS) is 10.7. The lowest BCUT2D eigenvalue weighted by Gasteiger charge is -1.99. The largest absolute Gasteiger partial charge is 0.479 e. The maximum atomic E-state index is 5.14. The Bertz CT molecular complexity index is 516. The van der Waals surface area contributed by atoms with Crippen LogP contribution in [0.2, 0.25) is 0 Å². The minimum atomic E-state index is 0.522. The highest BCUT2D eigenvalue weighted by Gasteiger charge is 2.09. The van der Waals surface area contributed by atoms with Crippen molar-refractivity contribution in [1.29, 1.82) is 0 Å². The molecule has 0 unspecified atom stereocenters. The third kappa shape index (κ3) is 1.19. The van der Waals surface area contributed by atoms with Crippen molar-refractivity contribution < 1.29 is 4.74 Å². The molecule has 2 aromatic heterocycles. The number of hydrogen-bond acceptors (Lipinski definition) is 4. The highest BCUT2D eigenvalue weighted by atomic mass is 32.1. The van der Waals surface area contributed by atoms with Gasteiger partial charge in [0.25, 0.3) is 0 Å². The summed E-state index contributed by atoms with van der Waals surface area (Å²) in [5.41, 5.74) is 1.53. The summed E-state index contributed by atoms with van der Waals surface area (Å²) in [6.07, 6.45) is 1.47.